The largest absolute Gasteiger partial charge is 0.457 e. The molecule has 0 bridgehead atoms. The fourth-order valence-electron chi connectivity index (χ4n) is 3.19. The van der Waals surface area contributed by atoms with E-state index in [1.54, 1.807) is 60.7 Å². The lowest BCUT2D eigenvalue weighted by molar-refractivity contribution is -0.111. The third-order valence-electron chi connectivity index (χ3n) is 4.96. The van der Waals surface area contributed by atoms with Gasteiger partial charge in [-0.1, -0.05) is 47.5 Å². The Kier molecular flexibility index (Phi) is 7.16. The van der Waals surface area contributed by atoms with Crippen molar-refractivity contribution in [3.63, 3.8) is 0 Å². The summed E-state index contributed by atoms with van der Waals surface area (Å²) in [5, 5.41) is 6.70. The smallest absolute Gasteiger partial charge is 0.255 e. The van der Waals surface area contributed by atoms with Crippen LogP contribution in [0.1, 0.15) is 21.7 Å². The number of carbonyl (C=O) groups excluding carboxylic acids is 2. The average molecular weight is 491 g/mol. The Bertz CT molecular complexity index is 1390. The lowest BCUT2D eigenvalue weighted by atomic mass is 10.1. The molecule has 0 saturated heterocycles. The highest BCUT2D eigenvalue weighted by molar-refractivity contribution is 6.31. The maximum absolute atomic E-state index is 12.4. The van der Waals surface area contributed by atoms with E-state index in [1.807, 2.05) is 31.2 Å². The van der Waals surface area contributed by atoms with Crippen LogP contribution in [-0.4, -0.2) is 11.8 Å². The van der Waals surface area contributed by atoms with Crippen LogP contribution in [0.2, 0.25) is 10.0 Å². The maximum Gasteiger partial charge on any atom is 0.255 e. The van der Waals surface area contributed by atoms with Gasteiger partial charge in [-0.05, 0) is 73.2 Å². The molecule has 0 spiro atoms. The maximum atomic E-state index is 12.4. The minimum absolute atomic E-state index is 0.297. The number of furan rings is 1. The molecule has 3 aromatic carbocycles. The van der Waals surface area contributed by atoms with Crippen LogP contribution in [0.15, 0.2) is 89.4 Å². The van der Waals surface area contributed by atoms with E-state index >= 15 is 0 Å². The normalized spacial score (nSPS) is 10.9. The van der Waals surface area contributed by atoms with E-state index in [4.69, 9.17) is 27.6 Å². The molecule has 170 valence electrons. The molecule has 7 heteroatoms. The van der Waals surface area contributed by atoms with Crippen molar-refractivity contribution in [3.8, 4) is 11.3 Å². The SMILES string of the molecule is Cc1ccc(-c2ccc(/C=C/C(=O)Nc3cccc(NC(=O)c4cccc(Cl)c4)c3)o2)cc1Cl. The molecule has 0 fully saturated rings. The van der Waals surface area contributed by atoms with Crippen molar-refractivity contribution in [2.45, 2.75) is 6.92 Å². The van der Waals surface area contributed by atoms with Gasteiger partial charge in [0.05, 0.1) is 0 Å². The van der Waals surface area contributed by atoms with E-state index in [0.717, 1.165) is 11.1 Å². The molecule has 0 atom stereocenters. The molecule has 4 rings (SSSR count). The molecule has 5 nitrogen and oxygen atoms in total. The van der Waals surface area contributed by atoms with Crippen LogP contribution in [0.5, 0.6) is 0 Å². The summed E-state index contributed by atoms with van der Waals surface area (Å²) in [4.78, 5) is 24.8. The van der Waals surface area contributed by atoms with Crippen LogP contribution in [0.3, 0.4) is 0 Å². The molecular weight excluding hydrogens is 471 g/mol. The van der Waals surface area contributed by atoms with E-state index in [0.29, 0.717) is 38.5 Å². The average Bonchev–Trinajstić information content (AvgIpc) is 3.29. The van der Waals surface area contributed by atoms with Crippen LogP contribution in [0.25, 0.3) is 17.4 Å². The molecule has 0 aliphatic heterocycles. The highest BCUT2D eigenvalue weighted by Gasteiger charge is 2.08. The molecule has 34 heavy (non-hydrogen) atoms. The van der Waals surface area contributed by atoms with Crippen molar-refractivity contribution >= 4 is 52.5 Å². The van der Waals surface area contributed by atoms with Gasteiger partial charge < -0.3 is 15.1 Å². The quantitative estimate of drug-likeness (QED) is 0.275. The van der Waals surface area contributed by atoms with Gasteiger partial charge in [0.25, 0.3) is 5.91 Å². The first-order chi connectivity index (χ1) is 16.4. The van der Waals surface area contributed by atoms with Crippen molar-refractivity contribution in [1.29, 1.82) is 0 Å². The molecule has 2 amide bonds. The summed E-state index contributed by atoms with van der Waals surface area (Å²) in [6.45, 7) is 1.93. The number of benzene rings is 3. The van der Waals surface area contributed by atoms with Crippen molar-refractivity contribution in [1.82, 2.24) is 0 Å². The zero-order valence-corrected chi connectivity index (χ0v) is 19.7. The number of carbonyl (C=O) groups is 2. The highest BCUT2D eigenvalue weighted by Crippen LogP contribution is 2.27. The first-order valence-corrected chi connectivity index (χ1v) is 11.2. The first-order valence-electron chi connectivity index (χ1n) is 10.4. The van der Waals surface area contributed by atoms with Gasteiger partial charge in [-0.3, -0.25) is 9.59 Å². The minimum Gasteiger partial charge on any atom is -0.457 e. The number of amides is 2. The van der Waals surface area contributed by atoms with Crippen molar-refractivity contribution in [2.75, 3.05) is 10.6 Å². The number of rotatable bonds is 6. The molecular formula is C27H20Cl2N2O3. The van der Waals surface area contributed by atoms with Gasteiger partial charge in [-0.2, -0.15) is 0 Å². The van der Waals surface area contributed by atoms with Gasteiger partial charge in [0.2, 0.25) is 5.91 Å². The Morgan fingerprint density at radius 2 is 1.62 bits per heavy atom. The van der Waals surface area contributed by atoms with Crippen molar-refractivity contribution in [2.24, 2.45) is 0 Å². The van der Waals surface area contributed by atoms with Crippen molar-refractivity contribution in [3.05, 3.63) is 112 Å². The number of aryl methyl sites for hydroxylation is 1. The number of nitrogens with one attached hydrogen (secondary N) is 2. The molecule has 1 heterocycles. The standard InChI is InChI=1S/C27H20Cl2N2O3/c1-17-8-9-18(15-24(17)29)25-12-10-23(34-25)11-13-26(32)30-21-6-3-7-22(16-21)31-27(33)19-4-2-5-20(28)14-19/h2-16H,1H3,(H,30,32)(H,31,33)/b13-11+. The molecule has 0 saturated carbocycles. The Morgan fingerprint density at radius 3 is 2.38 bits per heavy atom. The third kappa shape index (κ3) is 5.95. The number of hydrogen-bond donors (Lipinski definition) is 2. The molecule has 0 radical (unpaired) electrons. The zero-order valence-electron chi connectivity index (χ0n) is 18.1. The molecule has 0 aliphatic carbocycles. The topological polar surface area (TPSA) is 71.3 Å². The summed E-state index contributed by atoms with van der Waals surface area (Å²) in [7, 11) is 0. The molecule has 1 aromatic heterocycles. The molecule has 4 aromatic rings. The molecule has 0 aliphatic rings. The fourth-order valence-corrected chi connectivity index (χ4v) is 3.56. The first kappa shape index (κ1) is 23.4. The summed E-state index contributed by atoms with van der Waals surface area (Å²) in [5.74, 6) is 0.554. The van der Waals surface area contributed by atoms with E-state index in [2.05, 4.69) is 10.6 Å². The summed E-state index contributed by atoms with van der Waals surface area (Å²) in [6, 6.07) is 22.8. The van der Waals surface area contributed by atoms with Crippen LogP contribution >= 0.6 is 23.2 Å². The van der Waals surface area contributed by atoms with Crippen LogP contribution in [-0.2, 0) is 4.79 Å². The molecule has 2 N–H and O–H groups in total. The fraction of sp³-hybridized carbons (Fsp3) is 0.0370. The van der Waals surface area contributed by atoms with E-state index in [1.165, 1.54) is 6.08 Å². The third-order valence-corrected chi connectivity index (χ3v) is 5.60. The second-order valence-electron chi connectivity index (χ2n) is 7.53. The number of hydrogen-bond acceptors (Lipinski definition) is 3. The van der Waals surface area contributed by atoms with E-state index < -0.39 is 0 Å². The number of halogens is 2. The Hall–Kier alpha value is -3.80. The Morgan fingerprint density at radius 1 is 0.853 bits per heavy atom. The van der Waals surface area contributed by atoms with Gasteiger partial charge >= 0.3 is 0 Å². The zero-order chi connectivity index (χ0) is 24.1. The monoisotopic (exact) mass is 490 g/mol. The molecule has 0 unspecified atom stereocenters. The van der Waals surface area contributed by atoms with Crippen molar-refractivity contribution < 1.29 is 14.0 Å². The number of anilines is 2. The minimum atomic E-state index is -0.338. The Balaban J connectivity index is 1.38. The summed E-state index contributed by atoms with van der Waals surface area (Å²) >= 11 is 12.1. The van der Waals surface area contributed by atoms with Gasteiger partial charge in [0.15, 0.2) is 0 Å². The predicted molar refractivity (Wildman–Crippen MR) is 137 cm³/mol. The lowest BCUT2D eigenvalue weighted by Gasteiger charge is -2.08. The van der Waals surface area contributed by atoms with Crippen LogP contribution < -0.4 is 10.6 Å². The Labute approximate surface area is 207 Å². The summed E-state index contributed by atoms with van der Waals surface area (Å²) in [6.07, 6.45) is 2.96. The van der Waals surface area contributed by atoms with Gasteiger partial charge in [0, 0.05) is 38.6 Å². The van der Waals surface area contributed by atoms with Gasteiger partial charge in [0.1, 0.15) is 11.5 Å². The van der Waals surface area contributed by atoms with E-state index in [9.17, 15) is 9.59 Å². The second-order valence-corrected chi connectivity index (χ2v) is 8.38. The highest BCUT2D eigenvalue weighted by atomic mass is 35.5. The van der Waals surface area contributed by atoms with Gasteiger partial charge in [-0.15, -0.1) is 0 Å². The summed E-state index contributed by atoms with van der Waals surface area (Å²) < 4.78 is 5.80. The summed E-state index contributed by atoms with van der Waals surface area (Å²) in [5.41, 5.74) is 3.36. The lowest BCUT2D eigenvalue weighted by Crippen LogP contribution is -2.12. The van der Waals surface area contributed by atoms with Crippen LogP contribution in [0.4, 0.5) is 11.4 Å². The van der Waals surface area contributed by atoms with Crippen LogP contribution in [0, 0.1) is 6.92 Å². The second kappa shape index (κ2) is 10.4. The van der Waals surface area contributed by atoms with E-state index in [-0.39, 0.29) is 11.8 Å². The van der Waals surface area contributed by atoms with Gasteiger partial charge in [-0.25, -0.2) is 0 Å². The predicted octanol–water partition coefficient (Wildman–Crippen LogP) is 7.47.